The molecule has 0 bridgehead atoms. The van der Waals surface area contributed by atoms with E-state index < -0.39 is 11.7 Å². The topological polar surface area (TPSA) is 114 Å². The highest BCUT2D eigenvalue weighted by Crippen LogP contribution is 2.40. The second-order valence-corrected chi connectivity index (χ2v) is 8.10. The van der Waals surface area contributed by atoms with E-state index in [2.05, 4.69) is 25.4 Å². The van der Waals surface area contributed by atoms with E-state index in [1.54, 1.807) is 12.3 Å². The Labute approximate surface area is 182 Å². The quantitative estimate of drug-likeness (QED) is 0.417. The summed E-state index contributed by atoms with van der Waals surface area (Å²) in [5.74, 6) is 0.490. The first-order valence-electron chi connectivity index (χ1n) is 10.4. The summed E-state index contributed by atoms with van der Waals surface area (Å²) in [6, 6.07) is 6.86. The summed E-state index contributed by atoms with van der Waals surface area (Å²) in [4.78, 5) is 11.6. The van der Waals surface area contributed by atoms with Crippen LogP contribution in [0.4, 0.5) is 18.9 Å². The van der Waals surface area contributed by atoms with Crippen molar-refractivity contribution in [2.24, 2.45) is 17.0 Å². The number of nitrogens with zero attached hydrogens (tertiary/aromatic N) is 4. The smallest absolute Gasteiger partial charge is 0.385 e. The van der Waals surface area contributed by atoms with Crippen molar-refractivity contribution in [3.05, 3.63) is 53.6 Å². The van der Waals surface area contributed by atoms with E-state index in [9.17, 15) is 13.2 Å². The summed E-state index contributed by atoms with van der Waals surface area (Å²) >= 11 is 0. The van der Waals surface area contributed by atoms with Gasteiger partial charge in [-0.2, -0.15) is 23.5 Å². The zero-order valence-corrected chi connectivity index (χ0v) is 17.2. The lowest BCUT2D eigenvalue weighted by Crippen LogP contribution is -2.24. The van der Waals surface area contributed by atoms with Crippen molar-refractivity contribution >= 4 is 16.7 Å². The number of alkyl halides is 3. The number of rotatable bonds is 6. The molecule has 166 valence electrons. The molecular formula is C22H22F3N7. The number of nitriles is 1. The molecule has 3 N–H and O–H groups in total. The lowest BCUT2D eigenvalue weighted by atomic mass is 9.77. The molecular weight excluding hydrogens is 419 g/mol. The van der Waals surface area contributed by atoms with Crippen molar-refractivity contribution in [2.75, 3.05) is 11.9 Å². The van der Waals surface area contributed by atoms with Crippen LogP contribution in [-0.4, -0.2) is 21.5 Å². The monoisotopic (exact) mass is 441 g/mol. The maximum atomic E-state index is 13.2. The Bertz CT molecular complexity index is 1140. The summed E-state index contributed by atoms with van der Waals surface area (Å²) in [5, 5.41) is 16.8. The van der Waals surface area contributed by atoms with Crippen LogP contribution in [0, 0.1) is 28.7 Å². The van der Waals surface area contributed by atoms with Gasteiger partial charge in [0.2, 0.25) is 0 Å². The van der Waals surface area contributed by atoms with E-state index in [0.29, 0.717) is 18.2 Å². The molecule has 1 aromatic carbocycles. The minimum absolute atomic E-state index is 0.184. The van der Waals surface area contributed by atoms with Gasteiger partial charge in [0, 0.05) is 23.8 Å². The summed E-state index contributed by atoms with van der Waals surface area (Å²) < 4.78 is 39.5. The number of aromatic nitrogens is 3. The third-order valence-corrected chi connectivity index (χ3v) is 6.18. The number of nitrogens with one attached hydrogen (secondary N) is 3. The van der Waals surface area contributed by atoms with E-state index in [1.807, 2.05) is 6.07 Å². The molecule has 1 aliphatic rings. The van der Waals surface area contributed by atoms with Gasteiger partial charge in [0.05, 0.1) is 22.9 Å². The van der Waals surface area contributed by atoms with Crippen molar-refractivity contribution in [1.82, 2.24) is 15.0 Å². The number of halogens is 3. The van der Waals surface area contributed by atoms with Crippen molar-refractivity contribution in [1.29, 1.82) is 10.8 Å². The van der Waals surface area contributed by atoms with Crippen LogP contribution in [0.2, 0.25) is 0 Å². The van der Waals surface area contributed by atoms with E-state index >= 15 is 0 Å². The van der Waals surface area contributed by atoms with Gasteiger partial charge in [0.15, 0.2) is 0 Å². The van der Waals surface area contributed by atoms with Gasteiger partial charge in [0.25, 0.3) is 0 Å². The molecule has 4 rings (SSSR count). The average molecular weight is 441 g/mol. The first-order valence-corrected chi connectivity index (χ1v) is 10.4. The fourth-order valence-corrected chi connectivity index (χ4v) is 4.47. The van der Waals surface area contributed by atoms with Crippen molar-refractivity contribution in [3.8, 4) is 6.07 Å². The molecule has 0 spiro atoms. The number of aromatic amines is 1. The van der Waals surface area contributed by atoms with E-state index in [0.717, 1.165) is 48.5 Å². The van der Waals surface area contributed by atoms with Gasteiger partial charge >= 0.3 is 6.18 Å². The number of H-pyrrole nitrogens is 1. The summed E-state index contributed by atoms with van der Waals surface area (Å²) in [6.07, 6.45) is 2.18. The Hall–Kier alpha value is -3.48. The third-order valence-electron chi connectivity index (χ3n) is 6.18. The number of hydrogen-bond donors (Lipinski definition) is 3. The molecule has 1 aliphatic carbocycles. The van der Waals surface area contributed by atoms with Gasteiger partial charge in [-0.25, -0.2) is 15.5 Å². The third kappa shape index (κ3) is 4.42. The molecule has 32 heavy (non-hydrogen) atoms. The highest BCUT2D eigenvalue weighted by Gasteiger charge is 2.34. The standard InChI is InChI=1S/C22H22F3N7/c23-22(24,25)18-9-16(6-5-15(18)10-26)29-11-13-1-3-14(4-2-13)19(32-27)20-17-7-8-28-21(17)31-12-30-20/h5-9,12-14,19,27,29H,1-4,11H2,(H,28,30,31). The van der Waals surface area contributed by atoms with Crippen LogP contribution in [0.25, 0.3) is 11.0 Å². The zero-order chi connectivity index (χ0) is 22.7. The fraction of sp³-hybridized carbons (Fsp3) is 0.409. The molecule has 1 unspecified atom stereocenters. The molecule has 10 heteroatoms. The molecule has 1 atom stereocenters. The maximum Gasteiger partial charge on any atom is 0.417 e. The fourth-order valence-electron chi connectivity index (χ4n) is 4.47. The lowest BCUT2D eigenvalue weighted by Gasteiger charge is -2.31. The summed E-state index contributed by atoms with van der Waals surface area (Å²) in [7, 11) is 0. The minimum atomic E-state index is -4.57. The normalized spacial score (nSPS) is 19.9. The van der Waals surface area contributed by atoms with Crippen molar-refractivity contribution in [3.63, 3.8) is 0 Å². The van der Waals surface area contributed by atoms with E-state index in [4.69, 9.17) is 10.8 Å². The lowest BCUT2D eigenvalue weighted by molar-refractivity contribution is -0.137. The predicted octanol–water partition coefficient (Wildman–Crippen LogP) is 5.84. The number of fused-ring (bicyclic) bond motifs is 1. The molecule has 0 radical (unpaired) electrons. The number of hydrogen-bond acceptors (Lipinski definition) is 6. The van der Waals surface area contributed by atoms with Gasteiger partial charge in [-0.3, -0.25) is 0 Å². The maximum absolute atomic E-state index is 13.2. The van der Waals surface area contributed by atoms with Gasteiger partial charge in [-0.05, 0) is 61.8 Å². The van der Waals surface area contributed by atoms with Crippen LogP contribution >= 0.6 is 0 Å². The summed E-state index contributed by atoms with van der Waals surface area (Å²) in [5.41, 5.74) is 8.27. The van der Waals surface area contributed by atoms with Crippen molar-refractivity contribution in [2.45, 2.75) is 37.9 Å². The molecule has 1 saturated carbocycles. The Morgan fingerprint density at radius 2 is 2.00 bits per heavy atom. The molecule has 2 aromatic heterocycles. The second kappa shape index (κ2) is 8.94. The first kappa shape index (κ1) is 21.7. The Balaban J connectivity index is 1.38. The Morgan fingerprint density at radius 3 is 2.69 bits per heavy atom. The van der Waals surface area contributed by atoms with Crippen molar-refractivity contribution < 1.29 is 13.2 Å². The first-order chi connectivity index (χ1) is 15.4. The highest BCUT2D eigenvalue weighted by atomic mass is 19.4. The number of benzene rings is 1. The van der Waals surface area contributed by atoms with E-state index in [-0.39, 0.29) is 17.5 Å². The number of anilines is 1. The van der Waals surface area contributed by atoms with Gasteiger partial charge < -0.3 is 10.3 Å². The Kier molecular flexibility index (Phi) is 6.08. The van der Waals surface area contributed by atoms with Gasteiger partial charge in [-0.1, -0.05) is 0 Å². The Morgan fingerprint density at radius 1 is 1.22 bits per heavy atom. The van der Waals surface area contributed by atoms with Gasteiger partial charge in [0.1, 0.15) is 18.0 Å². The van der Waals surface area contributed by atoms with Crippen LogP contribution in [0.3, 0.4) is 0 Å². The predicted molar refractivity (Wildman–Crippen MR) is 112 cm³/mol. The zero-order valence-electron chi connectivity index (χ0n) is 17.2. The second-order valence-electron chi connectivity index (χ2n) is 8.10. The molecule has 0 aliphatic heterocycles. The van der Waals surface area contributed by atoms with Crippen LogP contribution in [0.5, 0.6) is 0 Å². The molecule has 0 saturated heterocycles. The highest BCUT2D eigenvalue weighted by molar-refractivity contribution is 5.78. The molecule has 0 amide bonds. The largest absolute Gasteiger partial charge is 0.417 e. The van der Waals surface area contributed by atoms with E-state index in [1.165, 1.54) is 18.5 Å². The molecule has 3 aromatic rings. The molecule has 2 heterocycles. The van der Waals surface area contributed by atoms with Crippen LogP contribution in [0.15, 0.2) is 41.9 Å². The van der Waals surface area contributed by atoms with Crippen LogP contribution in [-0.2, 0) is 6.18 Å². The minimum Gasteiger partial charge on any atom is -0.385 e. The molecule has 7 nitrogen and oxygen atoms in total. The van der Waals surface area contributed by atoms with Crippen LogP contribution in [0.1, 0.15) is 48.5 Å². The summed E-state index contributed by atoms with van der Waals surface area (Å²) in [6.45, 7) is 0.550. The SMILES string of the molecule is N#Cc1ccc(NCC2CCC(C(N=N)c3ncnc4[nH]ccc34)CC2)cc1C(F)(F)F. The average Bonchev–Trinajstić information content (AvgIpc) is 3.28. The van der Waals surface area contributed by atoms with Crippen LogP contribution < -0.4 is 5.32 Å². The molecule has 1 fully saturated rings. The van der Waals surface area contributed by atoms with Gasteiger partial charge in [-0.15, -0.1) is 0 Å².